The van der Waals surface area contributed by atoms with Crippen LogP contribution in [0.1, 0.15) is 31.2 Å². The van der Waals surface area contributed by atoms with Crippen LogP contribution in [0.4, 0.5) is 11.9 Å². The van der Waals surface area contributed by atoms with Gasteiger partial charge in [-0.1, -0.05) is 0 Å². The summed E-state index contributed by atoms with van der Waals surface area (Å²) in [5.74, 6) is 0.684. The zero-order valence-electron chi connectivity index (χ0n) is 13.4. The molecule has 1 unspecified atom stereocenters. The fourth-order valence-electron chi connectivity index (χ4n) is 3.11. The fourth-order valence-corrected chi connectivity index (χ4v) is 3.11. The van der Waals surface area contributed by atoms with Crippen molar-refractivity contribution in [2.45, 2.75) is 32.4 Å². The van der Waals surface area contributed by atoms with E-state index in [1.54, 1.807) is 0 Å². The van der Waals surface area contributed by atoms with Crippen LogP contribution in [0.15, 0.2) is 18.2 Å². The van der Waals surface area contributed by atoms with Crippen molar-refractivity contribution < 1.29 is 4.74 Å². The maximum Gasteiger partial charge on any atom is 0.225 e. The average Bonchev–Trinajstić information content (AvgIpc) is 2.91. The van der Waals surface area contributed by atoms with Crippen LogP contribution < -0.4 is 11.5 Å². The van der Waals surface area contributed by atoms with Crippen molar-refractivity contribution in [3.63, 3.8) is 0 Å². The van der Waals surface area contributed by atoms with Gasteiger partial charge in [-0.05, 0) is 44.4 Å². The van der Waals surface area contributed by atoms with Crippen LogP contribution in [0.2, 0.25) is 0 Å². The third-order valence-electron chi connectivity index (χ3n) is 4.25. The minimum Gasteiger partial charge on any atom is -0.368 e. The van der Waals surface area contributed by atoms with E-state index in [4.69, 9.17) is 16.2 Å². The van der Waals surface area contributed by atoms with Crippen LogP contribution in [0.5, 0.6) is 0 Å². The van der Waals surface area contributed by atoms with Crippen molar-refractivity contribution in [1.82, 2.24) is 24.7 Å². The molecule has 0 spiro atoms. The first-order valence-corrected chi connectivity index (χ1v) is 8.00. The first-order chi connectivity index (χ1) is 11.6. The molecule has 4 rings (SSSR count). The summed E-state index contributed by atoms with van der Waals surface area (Å²) in [6.07, 6.45) is 3.26. The smallest absolute Gasteiger partial charge is 0.225 e. The molecule has 1 saturated heterocycles. The van der Waals surface area contributed by atoms with E-state index in [1.165, 1.54) is 0 Å². The lowest BCUT2D eigenvalue weighted by Crippen LogP contribution is -2.19. The number of hydrogen-bond acceptors (Lipinski definition) is 7. The molecule has 1 aliphatic rings. The SMILES string of the molecule is Cc1nn(C2CCCCO2)c2ccc(-c3nc(N)nc(N)n3)cc12. The molecular weight excluding hydrogens is 306 g/mol. The number of aryl methyl sites for hydroxylation is 1. The van der Waals surface area contributed by atoms with Crippen molar-refractivity contribution in [3.8, 4) is 11.4 Å². The Morgan fingerprint density at radius 3 is 2.62 bits per heavy atom. The van der Waals surface area contributed by atoms with Crippen LogP contribution >= 0.6 is 0 Å². The van der Waals surface area contributed by atoms with E-state index in [2.05, 4.69) is 20.1 Å². The number of ether oxygens (including phenoxy) is 1. The Balaban J connectivity index is 1.80. The zero-order chi connectivity index (χ0) is 16.7. The number of nitrogens with zero attached hydrogens (tertiary/aromatic N) is 5. The van der Waals surface area contributed by atoms with Gasteiger partial charge in [0, 0.05) is 17.6 Å². The number of aromatic nitrogens is 5. The quantitative estimate of drug-likeness (QED) is 0.740. The van der Waals surface area contributed by atoms with Gasteiger partial charge in [0.2, 0.25) is 11.9 Å². The monoisotopic (exact) mass is 325 g/mol. The highest BCUT2D eigenvalue weighted by molar-refractivity contribution is 5.86. The standard InChI is InChI=1S/C16H19N7O/c1-9-11-8-10(14-19-15(17)21-16(18)20-14)5-6-12(11)23(22-9)13-4-2-3-7-24-13/h5-6,8,13H,2-4,7H2,1H3,(H4,17,18,19,20,21). The van der Waals surface area contributed by atoms with Crippen LogP contribution in [-0.2, 0) is 4.74 Å². The second-order valence-corrected chi connectivity index (χ2v) is 5.96. The Hall–Kier alpha value is -2.74. The summed E-state index contributed by atoms with van der Waals surface area (Å²) in [5.41, 5.74) is 14.1. The Bertz CT molecular complexity index is 879. The summed E-state index contributed by atoms with van der Waals surface area (Å²) in [7, 11) is 0. The van der Waals surface area contributed by atoms with E-state index in [1.807, 2.05) is 29.8 Å². The number of nitrogens with two attached hydrogens (primary N) is 2. The van der Waals surface area contributed by atoms with Crippen LogP contribution in [0, 0.1) is 6.92 Å². The minimum absolute atomic E-state index is 0.00395. The predicted molar refractivity (Wildman–Crippen MR) is 91.0 cm³/mol. The summed E-state index contributed by atoms with van der Waals surface area (Å²) in [4.78, 5) is 12.1. The minimum atomic E-state index is 0.00395. The second-order valence-electron chi connectivity index (χ2n) is 5.96. The molecule has 0 amide bonds. The first-order valence-electron chi connectivity index (χ1n) is 8.00. The van der Waals surface area contributed by atoms with Gasteiger partial charge in [0.05, 0.1) is 11.2 Å². The van der Waals surface area contributed by atoms with Crippen molar-refractivity contribution in [1.29, 1.82) is 0 Å². The van der Waals surface area contributed by atoms with Gasteiger partial charge in [0.15, 0.2) is 12.1 Å². The average molecular weight is 325 g/mol. The Labute approximate surface area is 138 Å². The molecule has 0 saturated carbocycles. The molecule has 0 bridgehead atoms. The third kappa shape index (κ3) is 2.54. The second kappa shape index (κ2) is 5.72. The van der Waals surface area contributed by atoms with Crippen LogP contribution in [0.3, 0.4) is 0 Å². The van der Waals surface area contributed by atoms with Gasteiger partial charge >= 0.3 is 0 Å². The first kappa shape index (κ1) is 14.8. The molecule has 2 aromatic heterocycles. The van der Waals surface area contributed by atoms with Crippen molar-refractivity contribution in [2.75, 3.05) is 18.1 Å². The number of rotatable bonds is 2. The number of benzene rings is 1. The van der Waals surface area contributed by atoms with E-state index in [9.17, 15) is 0 Å². The maximum atomic E-state index is 5.87. The van der Waals surface area contributed by atoms with Gasteiger partial charge in [0.1, 0.15) is 0 Å². The molecule has 0 aliphatic carbocycles. The van der Waals surface area contributed by atoms with E-state index in [0.717, 1.165) is 48.0 Å². The van der Waals surface area contributed by atoms with Crippen molar-refractivity contribution in [2.24, 2.45) is 0 Å². The summed E-state index contributed by atoms with van der Waals surface area (Å²) in [5, 5.41) is 5.71. The van der Waals surface area contributed by atoms with Crippen LogP contribution in [0.25, 0.3) is 22.3 Å². The Morgan fingerprint density at radius 2 is 1.92 bits per heavy atom. The molecule has 8 heteroatoms. The number of hydrogen-bond donors (Lipinski definition) is 2. The van der Waals surface area contributed by atoms with Gasteiger partial charge < -0.3 is 16.2 Å². The van der Waals surface area contributed by atoms with Gasteiger partial charge in [-0.15, -0.1) is 0 Å². The van der Waals surface area contributed by atoms with E-state index >= 15 is 0 Å². The molecule has 1 aliphatic heterocycles. The summed E-state index contributed by atoms with van der Waals surface area (Å²) in [6.45, 7) is 2.77. The molecular formula is C16H19N7O. The van der Waals surface area contributed by atoms with Crippen molar-refractivity contribution in [3.05, 3.63) is 23.9 Å². The Kier molecular flexibility index (Phi) is 3.53. The molecule has 4 N–H and O–H groups in total. The molecule has 1 fully saturated rings. The lowest BCUT2D eigenvalue weighted by molar-refractivity contribution is -0.0368. The molecule has 1 atom stereocenters. The van der Waals surface area contributed by atoms with E-state index in [-0.39, 0.29) is 18.1 Å². The van der Waals surface area contributed by atoms with Gasteiger partial charge in [0.25, 0.3) is 0 Å². The number of anilines is 2. The summed E-state index contributed by atoms with van der Waals surface area (Å²) < 4.78 is 7.84. The zero-order valence-corrected chi connectivity index (χ0v) is 13.4. The topological polar surface area (TPSA) is 118 Å². The number of fused-ring (bicyclic) bond motifs is 1. The van der Waals surface area contributed by atoms with Crippen LogP contribution in [-0.4, -0.2) is 31.3 Å². The normalized spacial score (nSPS) is 18.1. The summed E-state index contributed by atoms with van der Waals surface area (Å²) >= 11 is 0. The third-order valence-corrected chi connectivity index (χ3v) is 4.25. The Morgan fingerprint density at radius 1 is 1.12 bits per heavy atom. The number of nitrogen functional groups attached to an aromatic ring is 2. The van der Waals surface area contributed by atoms with E-state index < -0.39 is 0 Å². The summed E-state index contributed by atoms with van der Waals surface area (Å²) in [6, 6.07) is 5.96. The molecule has 124 valence electrons. The lowest BCUT2D eigenvalue weighted by atomic mass is 10.1. The molecule has 3 heterocycles. The van der Waals surface area contributed by atoms with E-state index in [0.29, 0.717) is 5.82 Å². The molecule has 3 aromatic rings. The maximum absolute atomic E-state index is 5.87. The molecule has 0 radical (unpaired) electrons. The molecule has 8 nitrogen and oxygen atoms in total. The molecule has 24 heavy (non-hydrogen) atoms. The highest BCUT2D eigenvalue weighted by atomic mass is 16.5. The highest BCUT2D eigenvalue weighted by Gasteiger charge is 2.20. The fraction of sp³-hybridized carbons (Fsp3) is 0.375. The van der Waals surface area contributed by atoms with Crippen molar-refractivity contribution >= 4 is 22.8 Å². The van der Waals surface area contributed by atoms with Gasteiger partial charge in [-0.25, -0.2) is 4.68 Å². The highest BCUT2D eigenvalue weighted by Crippen LogP contribution is 2.30. The van der Waals surface area contributed by atoms with Gasteiger partial charge in [-0.2, -0.15) is 20.1 Å². The molecule has 1 aromatic carbocycles. The predicted octanol–water partition coefficient (Wildman–Crippen LogP) is 2.06. The van der Waals surface area contributed by atoms with Gasteiger partial charge in [-0.3, -0.25) is 0 Å². The lowest BCUT2D eigenvalue weighted by Gasteiger charge is -2.23. The largest absolute Gasteiger partial charge is 0.368 e.